The van der Waals surface area contributed by atoms with Gasteiger partial charge in [-0.3, -0.25) is 4.79 Å². The second-order valence-corrected chi connectivity index (χ2v) is 9.46. The standard InChI is InChI=1S/C10H16O2.C8H15N.C5H6N2O2.C2H6.CH5NO/c11-6-5-10(8-12)7-9-3-1-2-4-9;1-7-5-8(3-4-8)6-9(7)2;1-4-2-5(6-3-8)7-9-4;1-2;1-2-3/h6,8-10H,1-5,7H2;7H,3-6H2,1-2H3;2-3H,1H3,(H,6,7,8);1-2H3;2-3H,1H3. The number of aldehydes is 2. The molecule has 3 aliphatic rings. The Bertz CT molecular complexity index is 675. The van der Waals surface area contributed by atoms with Gasteiger partial charge in [0.1, 0.15) is 18.3 Å². The number of rotatable bonds is 7. The minimum atomic E-state index is -0.00870. The Balaban J connectivity index is 0.000000457. The summed E-state index contributed by atoms with van der Waals surface area (Å²) in [6.07, 6.45) is 13.3. The molecule has 2 heterocycles. The number of hydrogen-bond donors (Lipinski definition) is 3. The Kier molecular flexibility index (Phi) is 18.0. The molecule has 1 aromatic rings. The van der Waals surface area contributed by atoms with Gasteiger partial charge in [0.25, 0.3) is 0 Å². The van der Waals surface area contributed by atoms with Gasteiger partial charge in [0.2, 0.25) is 6.41 Å². The highest BCUT2D eigenvalue weighted by Gasteiger charge is 2.49. The van der Waals surface area contributed by atoms with Gasteiger partial charge in [-0.15, -0.1) is 0 Å². The van der Waals surface area contributed by atoms with Crippen LogP contribution in [0.15, 0.2) is 10.6 Å². The third-order valence-corrected chi connectivity index (χ3v) is 6.56. The molecule has 0 radical (unpaired) electrons. The van der Waals surface area contributed by atoms with Crippen LogP contribution < -0.4 is 10.8 Å². The molecule has 9 heteroatoms. The molecule has 35 heavy (non-hydrogen) atoms. The highest BCUT2D eigenvalue weighted by Crippen LogP contribution is 2.54. The van der Waals surface area contributed by atoms with E-state index in [9.17, 15) is 14.4 Å². The van der Waals surface area contributed by atoms with E-state index >= 15 is 0 Å². The molecule has 1 aromatic heterocycles. The Morgan fingerprint density at radius 3 is 2.20 bits per heavy atom. The first-order chi connectivity index (χ1) is 16.8. The summed E-state index contributed by atoms with van der Waals surface area (Å²) in [5.74, 6) is 1.83. The van der Waals surface area contributed by atoms with Crippen LogP contribution in [-0.2, 0) is 14.4 Å². The lowest BCUT2D eigenvalue weighted by molar-refractivity contribution is -0.116. The summed E-state index contributed by atoms with van der Waals surface area (Å²) in [6, 6.07) is 2.49. The molecule has 2 atom stereocenters. The van der Waals surface area contributed by atoms with Crippen molar-refractivity contribution in [1.82, 2.24) is 15.5 Å². The molecule has 1 amide bonds. The fourth-order valence-electron chi connectivity index (χ4n) is 4.57. The Labute approximate surface area is 211 Å². The van der Waals surface area contributed by atoms with Crippen LogP contribution in [0.25, 0.3) is 0 Å². The predicted octanol–water partition coefficient (Wildman–Crippen LogP) is 4.63. The lowest BCUT2D eigenvalue weighted by Gasteiger charge is -2.12. The van der Waals surface area contributed by atoms with Gasteiger partial charge in [-0.25, -0.2) is 5.48 Å². The summed E-state index contributed by atoms with van der Waals surface area (Å²) >= 11 is 0. The van der Waals surface area contributed by atoms with Crippen molar-refractivity contribution >= 4 is 24.8 Å². The second-order valence-electron chi connectivity index (χ2n) is 9.46. The first-order valence-electron chi connectivity index (χ1n) is 12.9. The van der Waals surface area contributed by atoms with Gasteiger partial charge in [0, 0.05) is 38.0 Å². The smallest absolute Gasteiger partial charge is 0.212 e. The van der Waals surface area contributed by atoms with Crippen molar-refractivity contribution in [3.05, 3.63) is 11.8 Å². The summed E-state index contributed by atoms with van der Waals surface area (Å²) in [7, 11) is 3.68. The van der Waals surface area contributed by atoms with Gasteiger partial charge in [-0.1, -0.05) is 44.7 Å². The van der Waals surface area contributed by atoms with Crippen LogP contribution in [0.5, 0.6) is 0 Å². The van der Waals surface area contributed by atoms with Crippen LogP contribution in [0.1, 0.15) is 84.3 Å². The van der Waals surface area contributed by atoms with E-state index in [1.165, 1.54) is 58.5 Å². The second kappa shape index (κ2) is 19.1. The highest BCUT2D eigenvalue weighted by molar-refractivity contribution is 5.68. The molecule has 3 fully saturated rings. The number of aryl methyl sites for hydroxylation is 1. The molecule has 1 spiro atoms. The average Bonchev–Trinajstić information content (AvgIpc) is 3.14. The molecule has 4 rings (SSSR count). The zero-order chi connectivity index (χ0) is 26.7. The van der Waals surface area contributed by atoms with E-state index in [1.54, 1.807) is 18.5 Å². The van der Waals surface area contributed by atoms with Gasteiger partial charge >= 0.3 is 0 Å². The van der Waals surface area contributed by atoms with E-state index in [-0.39, 0.29) is 5.92 Å². The molecule has 202 valence electrons. The normalized spacial score (nSPS) is 20.4. The van der Waals surface area contributed by atoms with Gasteiger partial charge in [-0.05, 0) is 57.9 Å². The van der Waals surface area contributed by atoms with Crippen molar-refractivity contribution in [2.75, 3.05) is 26.0 Å². The summed E-state index contributed by atoms with van der Waals surface area (Å²) < 4.78 is 4.65. The monoisotopic (exact) mass is 496 g/mol. The van der Waals surface area contributed by atoms with E-state index in [0.29, 0.717) is 30.3 Å². The van der Waals surface area contributed by atoms with Crippen molar-refractivity contribution in [2.24, 2.45) is 17.3 Å². The van der Waals surface area contributed by atoms with Crippen molar-refractivity contribution < 1.29 is 24.1 Å². The van der Waals surface area contributed by atoms with Crippen molar-refractivity contribution in [1.29, 1.82) is 0 Å². The minimum absolute atomic E-state index is 0.00870. The molecule has 0 bridgehead atoms. The lowest BCUT2D eigenvalue weighted by Crippen LogP contribution is -2.21. The first-order valence-corrected chi connectivity index (χ1v) is 12.9. The van der Waals surface area contributed by atoms with Gasteiger partial charge in [-0.2, -0.15) is 0 Å². The maximum Gasteiger partial charge on any atom is 0.212 e. The molecular formula is C26H48N4O5. The number of hydroxylamine groups is 1. The van der Waals surface area contributed by atoms with Crippen molar-refractivity contribution in [3.8, 4) is 0 Å². The summed E-state index contributed by atoms with van der Waals surface area (Å²) in [5.41, 5.74) is 2.56. The van der Waals surface area contributed by atoms with Crippen LogP contribution in [-0.4, -0.2) is 60.9 Å². The number of aromatic nitrogens is 1. The fourth-order valence-corrected chi connectivity index (χ4v) is 4.57. The zero-order valence-electron chi connectivity index (χ0n) is 22.6. The van der Waals surface area contributed by atoms with E-state index in [2.05, 4.69) is 33.9 Å². The first kappa shape index (κ1) is 32.9. The topological polar surface area (TPSA) is 125 Å². The molecule has 0 aromatic carbocycles. The van der Waals surface area contributed by atoms with Crippen molar-refractivity contribution in [2.45, 2.75) is 91.5 Å². The number of carbonyl (C=O) groups excluding carboxylic acids is 3. The van der Waals surface area contributed by atoms with Gasteiger partial charge in [0.15, 0.2) is 5.82 Å². The molecule has 2 saturated carbocycles. The average molecular weight is 497 g/mol. The fraction of sp³-hybridized carbons (Fsp3) is 0.769. The van der Waals surface area contributed by atoms with E-state index in [4.69, 9.17) is 5.21 Å². The summed E-state index contributed by atoms with van der Waals surface area (Å²) in [6.45, 7) is 9.46. The Morgan fingerprint density at radius 1 is 1.26 bits per heavy atom. The molecule has 2 aliphatic carbocycles. The molecule has 3 N–H and O–H groups in total. The Morgan fingerprint density at radius 2 is 1.86 bits per heavy atom. The van der Waals surface area contributed by atoms with Crippen LogP contribution in [0, 0.1) is 24.2 Å². The van der Waals surface area contributed by atoms with E-state index < -0.39 is 0 Å². The van der Waals surface area contributed by atoms with Gasteiger partial charge in [0.05, 0.1) is 0 Å². The number of likely N-dealkylation sites (tertiary alicyclic amines) is 1. The number of hydrogen-bond acceptors (Lipinski definition) is 8. The molecule has 1 saturated heterocycles. The third-order valence-electron chi connectivity index (χ3n) is 6.56. The number of amides is 1. The molecule has 9 nitrogen and oxygen atoms in total. The Hall–Kier alpha value is -2.10. The van der Waals surface area contributed by atoms with Crippen LogP contribution >= 0.6 is 0 Å². The summed E-state index contributed by atoms with van der Waals surface area (Å²) in [4.78, 5) is 33.0. The minimum Gasteiger partial charge on any atom is -0.360 e. The molecule has 2 unspecified atom stereocenters. The maximum absolute atomic E-state index is 10.5. The maximum atomic E-state index is 10.5. The van der Waals surface area contributed by atoms with Crippen LogP contribution in [0.3, 0.4) is 0 Å². The zero-order valence-corrected chi connectivity index (χ0v) is 22.6. The molecule has 1 aliphatic heterocycles. The van der Waals surface area contributed by atoms with Crippen LogP contribution in [0.2, 0.25) is 0 Å². The lowest BCUT2D eigenvalue weighted by atomic mass is 9.92. The van der Waals surface area contributed by atoms with Gasteiger partial charge < -0.3 is 29.5 Å². The summed E-state index contributed by atoms with van der Waals surface area (Å²) in [5, 5.41) is 13.2. The van der Waals surface area contributed by atoms with Crippen molar-refractivity contribution in [3.63, 3.8) is 0 Å². The quantitative estimate of drug-likeness (QED) is 0.368. The number of carbonyl (C=O) groups is 3. The number of nitrogens with zero attached hydrogens (tertiary/aromatic N) is 2. The SMILES string of the molecule is CC.CC1CC2(CC2)CN1C.CNO.Cc1cc(NC=O)no1.O=CCC(C=O)CC1CCCC1. The third kappa shape index (κ3) is 14.1. The van der Waals surface area contributed by atoms with E-state index in [0.717, 1.165) is 30.4 Å². The predicted molar refractivity (Wildman–Crippen MR) is 138 cm³/mol. The number of nitrogens with one attached hydrogen (secondary N) is 2. The molecular weight excluding hydrogens is 448 g/mol. The van der Waals surface area contributed by atoms with E-state index in [1.807, 2.05) is 13.8 Å². The highest BCUT2D eigenvalue weighted by atomic mass is 16.5. The van der Waals surface area contributed by atoms with Crippen LogP contribution in [0.4, 0.5) is 5.82 Å². The number of anilines is 1. The largest absolute Gasteiger partial charge is 0.360 e.